The lowest BCUT2D eigenvalue weighted by Gasteiger charge is -2.38. The number of carboxylic acid groups (broad SMARTS) is 1. The Bertz CT molecular complexity index is 364. The Morgan fingerprint density at radius 3 is 2.16 bits per heavy atom. The fourth-order valence-corrected chi connectivity index (χ4v) is 3.26. The van der Waals surface area contributed by atoms with Crippen LogP contribution in [0, 0.1) is 11.8 Å². The lowest BCUT2D eigenvalue weighted by atomic mass is 9.92. The van der Waals surface area contributed by atoms with E-state index in [1.165, 1.54) is 4.90 Å². The third kappa shape index (κ3) is 3.00. The van der Waals surface area contributed by atoms with Crippen LogP contribution in [0.25, 0.3) is 0 Å². The van der Waals surface area contributed by atoms with E-state index in [0.29, 0.717) is 24.9 Å². The highest BCUT2D eigenvalue weighted by Crippen LogP contribution is 2.25. The number of carbonyl (C=O) groups excluding carboxylic acids is 1. The molecule has 0 spiro atoms. The SMILES string of the molecule is CC1CC(C)CN(C(=O)N2C[C@H](O)C[C@H]2C(=O)O)C1. The molecule has 19 heavy (non-hydrogen) atoms. The Morgan fingerprint density at radius 1 is 1.05 bits per heavy atom. The van der Waals surface area contributed by atoms with E-state index in [4.69, 9.17) is 5.11 Å². The zero-order valence-corrected chi connectivity index (χ0v) is 11.5. The molecule has 2 fully saturated rings. The average molecular weight is 270 g/mol. The van der Waals surface area contributed by atoms with E-state index >= 15 is 0 Å². The molecule has 2 heterocycles. The van der Waals surface area contributed by atoms with Crippen molar-refractivity contribution in [2.45, 2.75) is 38.8 Å². The van der Waals surface area contributed by atoms with Crippen LogP contribution in [-0.2, 0) is 4.79 Å². The summed E-state index contributed by atoms with van der Waals surface area (Å²) in [5, 5.41) is 18.7. The second-order valence-electron chi connectivity index (χ2n) is 6.03. The molecule has 0 saturated carbocycles. The van der Waals surface area contributed by atoms with E-state index in [9.17, 15) is 14.7 Å². The van der Waals surface area contributed by atoms with Crippen LogP contribution in [0.15, 0.2) is 0 Å². The highest BCUT2D eigenvalue weighted by atomic mass is 16.4. The van der Waals surface area contributed by atoms with Crippen LogP contribution in [0.4, 0.5) is 4.79 Å². The van der Waals surface area contributed by atoms with E-state index in [0.717, 1.165) is 6.42 Å². The minimum atomic E-state index is -1.04. The van der Waals surface area contributed by atoms with Gasteiger partial charge in [-0.2, -0.15) is 0 Å². The predicted molar refractivity (Wildman–Crippen MR) is 68.7 cm³/mol. The number of hydrogen-bond donors (Lipinski definition) is 2. The quantitative estimate of drug-likeness (QED) is 0.731. The molecular formula is C13H22N2O4. The van der Waals surface area contributed by atoms with Crippen molar-refractivity contribution in [2.75, 3.05) is 19.6 Å². The number of amides is 2. The third-order valence-corrected chi connectivity index (χ3v) is 3.95. The number of aliphatic carboxylic acids is 1. The van der Waals surface area contributed by atoms with E-state index in [1.54, 1.807) is 4.90 Å². The molecule has 0 radical (unpaired) electrons. The van der Waals surface area contributed by atoms with Gasteiger partial charge in [0.25, 0.3) is 0 Å². The van der Waals surface area contributed by atoms with E-state index in [1.807, 2.05) is 0 Å². The smallest absolute Gasteiger partial charge is 0.326 e. The molecule has 4 atom stereocenters. The van der Waals surface area contributed by atoms with Crippen molar-refractivity contribution in [1.82, 2.24) is 9.80 Å². The first-order valence-electron chi connectivity index (χ1n) is 6.85. The molecule has 2 N–H and O–H groups in total. The fraction of sp³-hybridized carbons (Fsp3) is 0.846. The highest BCUT2D eigenvalue weighted by molar-refractivity contribution is 5.83. The topological polar surface area (TPSA) is 81.1 Å². The number of rotatable bonds is 1. The number of nitrogens with zero attached hydrogens (tertiary/aromatic N) is 2. The van der Waals surface area contributed by atoms with Crippen molar-refractivity contribution >= 4 is 12.0 Å². The average Bonchev–Trinajstić information content (AvgIpc) is 2.69. The summed E-state index contributed by atoms with van der Waals surface area (Å²) in [6.07, 6.45) is 0.485. The number of aliphatic hydroxyl groups is 1. The van der Waals surface area contributed by atoms with Crippen molar-refractivity contribution in [2.24, 2.45) is 11.8 Å². The summed E-state index contributed by atoms with van der Waals surface area (Å²) >= 11 is 0. The maximum absolute atomic E-state index is 12.4. The molecule has 0 aliphatic carbocycles. The molecule has 108 valence electrons. The normalized spacial score (nSPS) is 35.5. The van der Waals surface area contributed by atoms with Gasteiger partial charge < -0.3 is 20.0 Å². The first-order chi connectivity index (χ1) is 8.88. The third-order valence-electron chi connectivity index (χ3n) is 3.95. The molecule has 0 aromatic heterocycles. The van der Waals surface area contributed by atoms with Gasteiger partial charge in [0.1, 0.15) is 6.04 Å². The molecule has 2 aliphatic heterocycles. The molecule has 6 nitrogen and oxygen atoms in total. The highest BCUT2D eigenvalue weighted by Gasteiger charge is 2.41. The minimum absolute atomic E-state index is 0.120. The largest absolute Gasteiger partial charge is 0.480 e. The van der Waals surface area contributed by atoms with Crippen molar-refractivity contribution in [3.05, 3.63) is 0 Å². The number of carbonyl (C=O) groups is 2. The van der Waals surface area contributed by atoms with Gasteiger partial charge in [-0.3, -0.25) is 0 Å². The molecule has 2 rings (SSSR count). The summed E-state index contributed by atoms with van der Waals surface area (Å²) in [5.41, 5.74) is 0. The maximum atomic E-state index is 12.4. The summed E-state index contributed by atoms with van der Waals surface area (Å²) < 4.78 is 0. The Kier molecular flexibility index (Phi) is 3.99. The molecule has 0 aromatic carbocycles. The zero-order chi connectivity index (χ0) is 14.2. The van der Waals surface area contributed by atoms with Crippen LogP contribution in [0.2, 0.25) is 0 Å². The van der Waals surface area contributed by atoms with Crippen LogP contribution in [0.3, 0.4) is 0 Å². The number of aliphatic hydroxyl groups excluding tert-OH is 1. The maximum Gasteiger partial charge on any atom is 0.326 e. The van der Waals surface area contributed by atoms with E-state index in [2.05, 4.69) is 13.8 Å². The Balaban J connectivity index is 2.07. The van der Waals surface area contributed by atoms with Gasteiger partial charge in [-0.15, -0.1) is 0 Å². The lowest BCUT2D eigenvalue weighted by Crippen LogP contribution is -2.52. The standard InChI is InChI=1S/C13H22N2O4/c1-8-3-9(2)6-14(5-8)13(19)15-7-10(16)4-11(15)12(17)18/h8-11,16H,3-7H2,1-2H3,(H,17,18)/t8?,9?,10-,11+/m1/s1. The number of β-amino-alcohol motifs (C(OH)–C–C–N with tert-alkyl or cyclic N) is 1. The number of hydrogen-bond acceptors (Lipinski definition) is 3. The molecule has 0 aromatic rings. The second kappa shape index (κ2) is 5.36. The molecule has 2 aliphatic rings. The summed E-state index contributed by atoms with van der Waals surface area (Å²) in [4.78, 5) is 26.6. The molecule has 6 heteroatoms. The van der Waals surface area contributed by atoms with Gasteiger partial charge in [-0.1, -0.05) is 13.8 Å². The van der Waals surface area contributed by atoms with Crippen molar-refractivity contribution in [3.8, 4) is 0 Å². The number of carboxylic acids is 1. The first-order valence-corrected chi connectivity index (χ1v) is 6.85. The zero-order valence-electron chi connectivity index (χ0n) is 11.5. The van der Waals surface area contributed by atoms with E-state index < -0.39 is 18.1 Å². The van der Waals surface area contributed by atoms with Gasteiger partial charge in [-0.25, -0.2) is 9.59 Å². The van der Waals surface area contributed by atoms with E-state index in [-0.39, 0.29) is 19.0 Å². The first kappa shape index (κ1) is 14.1. The van der Waals surface area contributed by atoms with Gasteiger partial charge in [0, 0.05) is 26.1 Å². The van der Waals surface area contributed by atoms with Crippen molar-refractivity contribution in [3.63, 3.8) is 0 Å². The second-order valence-corrected chi connectivity index (χ2v) is 6.03. The molecule has 2 amide bonds. The van der Waals surface area contributed by atoms with Gasteiger partial charge in [0.05, 0.1) is 6.10 Å². The van der Waals surface area contributed by atoms with Crippen LogP contribution in [0.1, 0.15) is 26.7 Å². The van der Waals surface area contributed by atoms with Gasteiger partial charge in [0.15, 0.2) is 0 Å². The molecular weight excluding hydrogens is 248 g/mol. The van der Waals surface area contributed by atoms with Crippen LogP contribution in [-0.4, -0.2) is 63.8 Å². The number of urea groups is 1. The predicted octanol–water partition coefficient (Wildman–Crippen LogP) is 0.604. The number of likely N-dealkylation sites (tertiary alicyclic amines) is 2. The lowest BCUT2D eigenvalue weighted by molar-refractivity contribution is -0.141. The number of piperidine rings is 1. The van der Waals surface area contributed by atoms with Crippen molar-refractivity contribution < 1.29 is 19.8 Å². The van der Waals surface area contributed by atoms with Crippen LogP contribution >= 0.6 is 0 Å². The Morgan fingerprint density at radius 2 is 1.63 bits per heavy atom. The van der Waals surface area contributed by atoms with Crippen LogP contribution in [0.5, 0.6) is 0 Å². The Hall–Kier alpha value is -1.30. The fourth-order valence-electron chi connectivity index (χ4n) is 3.26. The summed E-state index contributed by atoms with van der Waals surface area (Å²) in [6, 6.07) is -1.14. The summed E-state index contributed by atoms with van der Waals surface area (Å²) in [6.45, 7) is 5.66. The van der Waals surface area contributed by atoms with Gasteiger partial charge in [-0.05, 0) is 18.3 Å². The monoisotopic (exact) mass is 270 g/mol. The van der Waals surface area contributed by atoms with Crippen LogP contribution < -0.4 is 0 Å². The summed E-state index contributed by atoms with van der Waals surface area (Å²) in [5.74, 6) is -0.171. The molecule has 2 saturated heterocycles. The van der Waals surface area contributed by atoms with Gasteiger partial charge in [0.2, 0.25) is 0 Å². The molecule has 2 unspecified atom stereocenters. The molecule has 0 bridgehead atoms. The minimum Gasteiger partial charge on any atom is -0.480 e. The van der Waals surface area contributed by atoms with Crippen molar-refractivity contribution in [1.29, 1.82) is 0 Å². The Labute approximate surface area is 113 Å². The van der Waals surface area contributed by atoms with Gasteiger partial charge >= 0.3 is 12.0 Å². The summed E-state index contributed by atoms with van der Waals surface area (Å²) in [7, 11) is 0.